The van der Waals surface area contributed by atoms with Crippen molar-refractivity contribution in [3.8, 4) is 11.5 Å². The van der Waals surface area contributed by atoms with Crippen LogP contribution < -0.4 is 15.1 Å². The van der Waals surface area contributed by atoms with Gasteiger partial charge >= 0.3 is 0 Å². The van der Waals surface area contributed by atoms with Crippen molar-refractivity contribution in [1.29, 1.82) is 5.41 Å². The van der Waals surface area contributed by atoms with Gasteiger partial charge in [-0.15, -0.1) is 0 Å². The molecule has 1 aromatic heterocycles. The van der Waals surface area contributed by atoms with Crippen molar-refractivity contribution < 1.29 is 9.47 Å². The monoisotopic (exact) mass is 451 g/mol. The number of hydrogen-bond acceptors (Lipinski definition) is 3. The summed E-state index contributed by atoms with van der Waals surface area (Å²) in [5.41, 5.74) is 3.67. The molecule has 0 fully saturated rings. The first-order valence-corrected chi connectivity index (χ1v) is 10.2. The van der Waals surface area contributed by atoms with Crippen molar-refractivity contribution >= 4 is 27.0 Å². The van der Waals surface area contributed by atoms with Crippen LogP contribution in [0.2, 0.25) is 0 Å². The molecule has 6 heteroatoms. The van der Waals surface area contributed by atoms with Crippen molar-refractivity contribution in [3.05, 3.63) is 88.5 Å². The van der Waals surface area contributed by atoms with Crippen LogP contribution in [0.1, 0.15) is 5.56 Å². The minimum atomic E-state index is 0.459. The molecule has 3 aromatic carbocycles. The highest BCUT2D eigenvalue weighted by Crippen LogP contribution is 2.20. The molecule has 1 N–H and O–H groups in total. The lowest BCUT2D eigenvalue weighted by Gasteiger charge is -2.09. The molecule has 1 heterocycles. The Morgan fingerprint density at radius 3 is 2.14 bits per heavy atom. The fraction of sp³-hybridized carbons (Fsp3) is 0.174. The Labute approximate surface area is 177 Å². The fourth-order valence-corrected chi connectivity index (χ4v) is 3.81. The van der Waals surface area contributed by atoms with Crippen molar-refractivity contribution in [2.24, 2.45) is 0 Å². The third-order valence-electron chi connectivity index (χ3n) is 4.90. The molecule has 0 aliphatic heterocycles. The Balaban J connectivity index is 1.58. The van der Waals surface area contributed by atoms with Gasteiger partial charge in [0.2, 0.25) is 5.62 Å². The molecule has 0 atom stereocenters. The van der Waals surface area contributed by atoms with E-state index >= 15 is 0 Å². The van der Waals surface area contributed by atoms with Crippen LogP contribution in [0.25, 0.3) is 11.0 Å². The lowest BCUT2D eigenvalue weighted by molar-refractivity contribution is 0.296. The summed E-state index contributed by atoms with van der Waals surface area (Å²) >= 11 is 3.62. The maximum Gasteiger partial charge on any atom is 0.203 e. The SMILES string of the molecule is COc1ccc(OCCn2c(=N)n(Cc3ccccc3Br)c3ccccc32)cc1. The molecule has 0 saturated heterocycles. The average Bonchev–Trinajstić information content (AvgIpc) is 3.02. The topological polar surface area (TPSA) is 52.2 Å². The highest BCUT2D eigenvalue weighted by molar-refractivity contribution is 9.10. The van der Waals surface area contributed by atoms with Crippen molar-refractivity contribution in [3.63, 3.8) is 0 Å². The van der Waals surface area contributed by atoms with Crippen LogP contribution >= 0.6 is 15.9 Å². The molecule has 0 aliphatic carbocycles. The number of aromatic nitrogens is 2. The van der Waals surface area contributed by atoms with Gasteiger partial charge < -0.3 is 18.6 Å². The Hall–Kier alpha value is -2.99. The molecular formula is C23H22BrN3O2. The highest BCUT2D eigenvalue weighted by Gasteiger charge is 2.12. The maximum atomic E-state index is 8.77. The molecule has 0 amide bonds. The zero-order chi connectivity index (χ0) is 20.2. The minimum absolute atomic E-state index is 0.459. The Morgan fingerprint density at radius 1 is 0.828 bits per heavy atom. The summed E-state index contributed by atoms with van der Waals surface area (Å²) < 4.78 is 16.1. The number of benzene rings is 3. The van der Waals surface area contributed by atoms with Crippen molar-refractivity contribution in [1.82, 2.24) is 9.13 Å². The van der Waals surface area contributed by atoms with E-state index in [-0.39, 0.29) is 0 Å². The third kappa shape index (κ3) is 4.07. The first-order valence-electron chi connectivity index (χ1n) is 9.40. The normalized spacial score (nSPS) is 11.0. The summed E-state index contributed by atoms with van der Waals surface area (Å²) in [6, 6.07) is 23.8. The fourth-order valence-electron chi connectivity index (χ4n) is 3.40. The molecule has 4 rings (SSSR count). The molecule has 29 heavy (non-hydrogen) atoms. The number of fused-ring (bicyclic) bond motifs is 1. The minimum Gasteiger partial charge on any atom is -0.497 e. The summed E-state index contributed by atoms with van der Waals surface area (Å²) in [5, 5.41) is 8.77. The second-order valence-electron chi connectivity index (χ2n) is 6.67. The van der Waals surface area contributed by atoms with E-state index in [1.165, 1.54) is 0 Å². The first-order chi connectivity index (χ1) is 14.2. The zero-order valence-corrected chi connectivity index (χ0v) is 17.7. The van der Waals surface area contributed by atoms with Crippen LogP contribution in [0.3, 0.4) is 0 Å². The van der Waals surface area contributed by atoms with Crippen molar-refractivity contribution in [2.75, 3.05) is 13.7 Å². The van der Waals surface area contributed by atoms with E-state index in [1.807, 2.05) is 63.7 Å². The molecular weight excluding hydrogens is 430 g/mol. The van der Waals surface area contributed by atoms with Crippen LogP contribution in [0.15, 0.2) is 77.3 Å². The largest absolute Gasteiger partial charge is 0.497 e. The van der Waals surface area contributed by atoms with E-state index in [4.69, 9.17) is 14.9 Å². The number of imidazole rings is 1. The number of hydrogen-bond donors (Lipinski definition) is 1. The second-order valence-corrected chi connectivity index (χ2v) is 7.52. The second kappa shape index (κ2) is 8.57. The lowest BCUT2D eigenvalue weighted by Crippen LogP contribution is -2.27. The molecule has 148 valence electrons. The van der Waals surface area contributed by atoms with Gasteiger partial charge in [0.25, 0.3) is 0 Å². The van der Waals surface area contributed by atoms with Gasteiger partial charge in [-0.1, -0.05) is 46.3 Å². The lowest BCUT2D eigenvalue weighted by atomic mass is 10.2. The zero-order valence-electron chi connectivity index (χ0n) is 16.1. The summed E-state index contributed by atoms with van der Waals surface area (Å²) in [7, 11) is 1.64. The predicted molar refractivity (Wildman–Crippen MR) is 118 cm³/mol. The maximum absolute atomic E-state index is 8.77. The molecule has 0 bridgehead atoms. The Morgan fingerprint density at radius 2 is 1.45 bits per heavy atom. The molecule has 0 spiro atoms. The van der Waals surface area contributed by atoms with E-state index < -0.39 is 0 Å². The van der Waals surface area contributed by atoms with Gasteiger partial charge in [0.15, 0.2) is 0 Å². The number of rotatable bonds is 7. The van der Waals surface area contributed by atoms with E-state index in [9.17, 15) is 0 Å². The number of nitrogens with one attached hydrogen (secondary N) is 1. The molecule has 5 nitrogen and oxygen atoms in total. The molecule has 0 saturated carbocycles. The average molecular weight is 452 g/mol. The summed E-state index contributed by atoms with van der Waals surface area (Å²) in [4.78, 5) is 0. The number of halogens is 1. The van der Waals surface area contributed by atoms with Gasteiger partial charge in [0.1, 0.15) is 18.1 Å². The van der Waals surface area contributed by atoms with Crippen LogP contribution in [-0.4, -0.2) is 22.9 Å². The number of para-hydroxylation sites is 2. The summed E-state index contributed by atoms with van der Waals surface area (Å²) in [5.74, 6) is 1.59. The molecule has 0 aliphatic rings. The van der Waals surface area contributed by atoms with Crippen molar-refractivity contribution in [2.45, 2.75) is 13.1 Å². The van der Waals surface area contributed by atoms with E-state index in [1.54, 1.807) is 7.11 Å². The quantitative estimate of drug-likeness (QED) is 0.437. The van der Waals surface area contributed by atoms with Gasteiger partial charge in [-0.3, -0.25) is 5.41 Å². The molecule has 0 radical (unpaired) electrons. The number of methoxy groups -OCH3 is 1. The van der Waals surface area contributed by atoms with Gasteiger partial charge in [0, 0.05) is 4.47 Å². The first kappa shape index (κ1) is 19.3. The summed E-state index contributed by atoms with van der Waals surface area (Å²) in [6.45, 7) is 1.70. The molecule has 4 aromatic rings. The number of nitrogens with zero attached hydrogens (tertiary/aromatic N) is 2. The van der Waals surface area contributed by atoms with Gasteiger partial charge in [0.05, 0.1) is 31.2 Å². The predicted octanol–water partition coefficient (Wildman–Crippen LogP) is 4.82. The van der Waals surface area contributed by atoms with Crippen LogP contribution in [0.4, 0.5) is 0 Å². The van der Waals surface area contributed by atoms with E-state index in [2.05, 4.69) is 34.1 Å². The van der Waals surface area contributed by atoms with Gasteiger partial charge in [-0.25, -0.2) is 0 Å². The molecule has 0 unspecified atom stereocenters. The Kier molecular flexibility index (Phi) is 5.71. The van der Waals surface area contributed by atoms with Crippen LogP contribution in [-0.2, 0) is 13.1 Å². The van der Waals surface area contributed by atoms with E-state index in [0.717, 1.165) is 32.6 Å². The van der Waals surface area contributed by atoms with E-state index in [0.29, 0.717) is 25.3 Å². The standard InChI is InChI=1S/C23H22BrN3O2/c1-28-18-10-12-19(13-11-18)29-15-14-26-21-8-4-5-9-22(21)27(23(26)25)16-17-6-2-3-7-20(17)24/h2-13,25H,14-16H2,1H3. The number of ether oxygens (including phenoxy) is 2. The van der Waals surface area contributed by atoms with Crippen LogP contribution in [0.5, 0.6) is 11.5 Å². The smallest absolute Gasteiger partial charge is 0.203 e. The highest BCUT2D eigenvalue weighted by atomic mass is 79.9. The summed E-state index contributed by atoms with van der Waals surface area (Å²) in [6.07, 6.45) is 0. The Bertz CT molecular complexity index is 1180. The third-order valence-corrected chi connectivity index (χ3v) is 5.68. The van der Waals surface area contributed by atoms with Crippen LogP contribution in [0, 0.1) is 5.41 Å². The van der Waals surface area contributed by atoms with Gasteiger partial charge in [-0.2, -0.15) is 0 Å². The van der Waals surface area contributed by atoms with Gasteiger partial charge in [-0.05, 0) is 48.0 Å².